The van der Waals surface area contributed by atoms with Gasteiger partial charge in [0.2, 0.25) is 11.8 Å². The molecular weight excluding hydrogens is 471 g/mol. The first-order valence-corrected chi connectivity index (χ1v) is 10.6. The van der Waals surface area contributed by atoms with Gasteiger partial charge in [-0.3, -0.25) is 0 Å². The predicted octanol–water partition coefficient (Wildman–Crippen LogP) is 5.94. The Morgan fingerprint density at radius 2 is 1.94 bits per heavy atom. The number of nitrogens with one attached hydrogen (secondary N) is 1. The minimum Gasteiger partial charge on any atom is -0.438 e. The largest absolute Gasteiger partial charge is 0.438 e. The molecule has 0 aliphatic rings. The van der Waals surface area contributed by atoms with Gasteiger partial charge in [0.25, 0.3) is 0 Å². The van der Waals surface area contributed by atoms with Gasteiger partial charge in [-0.15, -0.1) is 0 Å². The number of halogens is 4. The van der Waals surface area contributed by atoms with E-state index in [0.29, 0.717) is 40.7 Å². The molecule has 0 fully saturated rings. The molecule has 34 heavy (non-hydrogen) atoms. The topological polar surface area (TPSA) is 82.7 Å². The minimum atomic E-state index is -4.56. The Hall–Kier alpha value is -3.86. The fourth-order valence-corrected chi connectivity index (χ4v) is 3.82. The molecule has 3 aromatic heterocycles. The van der Waals surface area contributed by atoms with Crippen molar-refractivity contribution in [1.29, 1.82) is 0 Å². The number of imidazole rings is 1. The molecule has 0 aliphatic heterocycles. The van der Waals surface area contributed by atoms with Crippen LogP contribution in [0.3, 0.4) is 0 Å². The third kappa shape index (κ3) is 3.87. The van der Waals surface area contributed by atoms with Crippen LogP contribution < -0.4 is 10.1 Å². The zero-order chi connectivity index (χ0) is 24.0. The van der Waals surface area contributed by atoms with Crippen LogP contribution in [0, 0.1) is 0 Å². The van der Waals surface area contributed by atoms with Gasteiger partial charge < -0.3 is 14.6 Å². The molecule has 2 aromatic carbocycles. The molecule has 5 rings (SSSR count). The molecule has 0 saturated heterocycles. The van der Waals surface area contributed by atoms with Crippen molar-refractivity contribution >= 4 is 45.3 Å². The SMILES string of the molecule is CCn1ncc2c(Oc3ccc4c(c3)nc(Nc3ccc(Cl)c(C(F)(F)F)c3)n4C)ncnc21. The summed E-state index contributed by atoms with van der Waals surface area (Å²) in [6.45, 7) is 2.62. The van der Waals surface area contributed by atoms with E-state index in [0.717, 1.165) is 11.6 Å². The molecule has 3 heterocycles. The molecule has 8 nitrogen and oxygen atoms in total. The van der Waals surface area contributed by atoms with Crippen molar-refractivity contribution in [3.63, 3.8) is 0 Å². The third-order valence-corrected chi connectivity index (χ3v) is 5.62. The van der Waals surface area contributed by atoms with Crippen LogP contribution in [0.15, 0.2) is 48.9 Å². The summed E-state index contributed by atoms with van der Waals surface area (Å²) in [5.41, 5.74) is 1.30. The molecule has 0 saturated carbocycles. The summed E-state index contributed by atoms with van der Waals surface area (Å²) < 4.78 is 49.0. The number of hydrogen-bond donors (Lipinski definition) is 1. The molecule has 0 spiro atoms. The van der Waals surface area contributed by atoms with E-state index in [-0.39, 0.29) is 10.7 Å². The fraction of sp³-hybridized carbons (Fsp3) is 0.182. The summed E-state index contributed by atoms with van der Waals surface area (Å²) in [4.78, 5) is 13.0. The van der Waals surface area contributed by atoms with Crippen LogP contribution in [-0.4, -0.2) is 29.3 Å². The lowest BCUT2D eigenvalue weighted by Crippen LogP contribution is -2.07. The number of hydrogen-bond acceptors (Lipinski definition) is 6. The quantitative estimate of drug-likeness (QED) is 0.330. The van der Waals surface area contributed by atoms with E-state index in [1.807, 2.05) is 6.92 Å². The highest BCUT2D eigenvalue weighted by atomic mass is 35.5. The number of nitrogens with zero attached hydrogens (tertiary/aromatic N) is 6. The highest BCUT2D eigenvalue weighted by molar-refractivity contribution is 6.31. The molecule has 5 aromatic rings. The molecule has 0 aliphatic carbocycles. The lowest BCUT2D eigenvalue weighted by Gasteiger charge is -2.12. The number of alkyl halides is 3. The summed E-state index contributed by atoms with van der Waals surface area (Å²) in [5, 5.41) is 7.51. The Balaban J connectivity index is 1.46. The number of fused-ring (bicyclic) bond motifs is 2. The minimum absolute atomic E-state index is 0.211. The predicted molar refractivity (Wildman–Crippen MR) is 122 cm³/mol. The number of benzene rings is 2. The molecular formula is C22H17ClF3N7O. The highest BCUT2D eigenvalue weighted by Crippen LogP contribution is 2.37. The first kappa shape index (κ1) is 22.0. The Bertz CT molecular complexity index is 1530. The van der Waals surface area contributed by atoms with Crippen molar-refractivity contribution < 1.29 is 17.9 Å². The van der Waals surface area contributed by atoms with Crippen LogP contribution in [-0.2, 0) is 19.8 Å². The summed E-state index contributed by atoms with van der Waals surface area (Å²) in [7, 11) is 1.76. The Kier molecular flexibility index (Phi) is 5.28. The lowest BCUT2D eigenvalue weighted by atomic mass is 10.2. The number of ether oxygens (including phenoxy) is 1. The number of aryl methyl sites for hydroxylation is 2. The molecule has 12 heteroatoms. The number of anilines is 2. The Morgan fingerprint density at radius 1 is 1.12 bits per heavy atom. The van der Waals surface area contributed by atoms with Gasteiger partial charge in [0, 0.05) is 25.3 Å². The van der Waals surface area contributed by atoms with E-state index in [4.69, 9.17) is 16.3 Å². The summed E-state index contributed by atoms with van der Waals surface area (Å²) >= 11 is 5.71. The van der Waals surface area contributed by atoms with Crippen LogP contribution in [0.2, 0.25) is 5.02 Å². The third-order valence-electron chi connectivity index (χ3n) is 5.29. The first-order chi connectivity index (χ1) is 16.2. The van der Waals surface area contributed by atoms with E-state index in [9.17, 15) is 13.2 Å². The summed E-state index contributed by atoms with van der Waals surface area (Å²) in [6, 6.07) is 8.90. The zero-order valence-electron chi connectivity index (χ0n) is 17.9. The Labute approximate surface area is 196 Å². The average molecular weight is 488 g/mol. The van der Waals surface area contributed by atoms with Crippen molar-refractivity contribution in [3.8, 4) is 11.6 Å². The standard InChI is InChI=1S/C22H17ClF3N7O/c1-3-33-19-14(10-29-33)20(28-11-27-19)34-13-5-7-18-17(9-13)31-21(32(18)2)30-12-4-6-16(23)15(8-12)22(24,25)26/h4-11H,3H2,1-2H3,(H,30,31). The molecule has 174 valence electrons. The van der Waals surface area contributed by atoms with Crippen molar-refractivity contribution in [1.82, 2.24) is 29.3 Å². The van der Waals surface area contributed by atoms with E-state index in [1.165, 1.54) is 18.5 Å². The normalized spacial score (nSPS) is 11.9. The lowest BCUT2D eigenvalue weighted by molar-refractivity contribution is -0.137. The Morgan fingerprint density at radius 3 is 2.71 bits per heavy atom. The maximum absolute atomic E-state index is 13.2. The van der Waals surface area contributed by atoms with Crippen molar-refractivity contribution in [2.75, 3.05) is 5.32 Å². The average Bonchev–Trinajstić information content (AvgIpc) is 3.35. The van der Waals surface area contributed by atoms with Gasteiger partial charge in [0.15, 0.2) is 5.65 Å². The van der Waals surface area contributed by atoms with E-state index in [2.05, 4.69) is 25.4 Å². The molecule has 0 unspecified atom stereocenters. The van der Waals surface area contributed by atoms with Gasteiger partial charge in [0.1, 0.15) is 17.5 Å². The van der Waals surface area contributed by atoms with Gasteiger partial charge in [-0.05, 0) is 37.3 Å². The highest BCUT2D eigenvalue weighted by Gasteiger charge is 2.33. The van der Waals surface area contributed by atoms with E-state index in [1.54, 1.807) is 40.7 Å². The monoisotopic (exact) mass is 487 g/mol. The van der Waals surface area contributed by atoms with Crippen LogP contribution in [0.5, 0.6) is 11.6 Å². The van der Waals surface area contributed by atoms with Gasteiger partial charge in [-0.25, -0.2) is 19.6 Å². The number of aromatic nitrogens is 6. The molecule has 1 N–H and O–H groups in total. The second-order valence-electron chi connectivity index (χ2n) is 7.44. The van der Waals surface area contributed by atoms with Crippen molar-refractivity contribution in [2.45, 2.75) is 19.6 Å². The van der Waals surface area contributed by atoms with E-state index < -0.39 is 11.7 Å². The fourth-order valence-electron chi connectivity index (χ4n) is 3.60. The van der Waals surface area contributed by atoms with Crippen molar-refractivity contribution in [3.05, 3.63) is 59.5 Å². The number of rotatable bonds is 5. The zero-order valence-corrected chi connectivity index (χ0v) is 18.7. The van der Waals surface area contributed by atoms with Crippen LogP contribution >= 0.6 is 11.6 Å². The summed E-state index contributed by atoms with van der Waals surface area (Å²) in [5.74, 6) is 1.21. The van der Waals surface area contributed by atoms with Gasteiger partial charge in [-0.2, -0.15) is 18.3 Å². The van der Waals surface area contributed by atoms with Crippen LogP contribution in [0.25, 0.3) is 22.1 Å². The van der Waals surface area contributed by atoms with Gasteiger partial charge in [0.05, 0.1) is 27.8 Å². The second-order valence-corrected chi connectivity index (χ2v) is 7.85. The maximum Gasteiger partial charge on any atom is 0.417 e. The van der Waals surface area contributed by atoms with Gasteiger partial charge >= 0.3 is 6.18 Å². The molecule has 0 atom stereocenters. The smallest absolute Gasteiger partial charge is 0.417 e. The maximum atomic E-state index is 13.2. The second kappa shape index (κ2) is 8.17. The molecule has 0 amide bonds. The van der Waals surface area contributed by atoms with Gasteiger partial charge in [-0.1, -0.05) is 11.6 Å². The first-order valence-electron chi connectivity index (χ1n) is 10.2. The molecule has 0 bridgehead atoms. The van der Waals surface area contributed by atoms with Crippen molar-refractivity contribution in [2.24, 2.45) is 7.05 Å². The van der Waals surface area contributed by atoms with Crippen LogP contribution in [0.4, 0.5) is 24.8 Å². The summed E-state index contributed by atoms with van der Waals surface area (Å²) in [6.07, 6.45) is -1.50. The van der Waals surface area contributed by atoms with Crippen LogP contribution in [0.1, 0.15) is 12.5 Å². The van der Waals surface area contributed by atoms with E-state index >= 15 is 0 Å². The molecule has 0 radical (unpaired) electrons.